The van der Waals surface area contributed by atoms with E-state index in [9.17, 15) is 13.9 Å². The first kappa shape index (κ1) is 14.1. The quantitative estimate of drug-likeness (QED) is 0.792. The molecule has 0 aromatic heterocycles. The Kier molecular flexibility index (Phi) is 4.29. The van der Waals surface area contributed by atoms with E-state index in [4.69, 9.17) is 15.6 Å². The number of alkyl halides is 2. The standard InChI is InChI=1S/C10H12BrF2NO3/c1-17-7-3-5(11)2-6(8(7)16)9(14)10(12,13)4-15/h2-3,9,15-16H,4,14H2,1H3/t9-/m1/s1. The maximum absolute atomic E-state index is 13.2. The van der Waals surface area contributed by atoms with Crippen LogP contribution >= 0.6 is 15.9 Å². The summed E-state index contributed by atoms with van der Waals surface area (Å²) in [7, 11) is 1.29. The summed E-state index contributed by atoms with van der Waals surface area (Å²) in [6, 6.07) is 0.855. The van der Waals surface area contributed by atoms with Crippen molar-refractivity contribution in [2.24, 2.45) is 5.73 Å². The lowest BCUT2D eigenvalue weighted by Crippen LogP contribution is -2.36. The monoisotopic (exact) mass is 311 g/mol. The molecule has 0 aliphatic carbocycles. The number of phenolic OH excluding ortho intramolecular Hbond substituents is 1. The minimum Gasteiger partial charge on any atom is -0.504 e. The van der Waals surface area contributed by atoms with E-state index in [0.717, 1.165) is 0 Å². The number of aromatic hydroxyl groups is 1. The van der Waals surface area contributed by atoms with E-state index in [2.05, 4.69) is 15.9 Å². The van der Waals surface area contributed by atoms with Gasteiger partial charge in [0.1, 0.15) is 12.6 Å². The molecule has 17 heavy (non-hydrogen) atoms. The molecule has 0 heterocycles. The average molecular weight is 312 g/mol. The highest BCUT2D eigenvalue weighted by molar-refractivity contribution is 9.10. The van der Waals surface area contributed by atoms with Gasteiger partial charge in [-0.2, -0.15) is 0 Å². The molecular weight excluding hydrogens is 300 g/mol. The first-order valence-corrected chi connectivity index (χ1v) is 5.43. The summed E-state index contributed by atoms with van der Waals surface area (Å²) < 4.78 is 31.7. The van der Waals surface area contributed by atoms with E-state index in [1.807, 2.05) is 0 Å². The van der Waals surface area contributed by atoms with Gasteiger partial charge in [0.05, 0.1) is 7.11 Å². The molecule has 1 atom stereocenters. The fourth-order valence-corrected chi connectivity index (χ4v) is 1.77. The molecule has 0 radical (unpaired) electrons. The summed E-state index contributed by atoms with van der Waals surface area (Å²) in [5, 5.41) is 18.3. The summed E-state index contributed by atoms with van der Waals surface area (Å²) in [5.41, 5.74) is 5.13. The van der Waals surface area contributed by atoms with Crippen LogP contribution in [0.1, 0.15) is 11.6 Å². The van der Waals surface area contributed by atoms with Crippen molar-refractivity contribution in [3.8, 4) is 11.5 Å². The Morgan fingerprint density at radius 1 is 1.53 bits per heavy atom. The van der Waals surface area contributed by atoms with E-state index in [0.29, 0.717) is 4.47 Å². The van der Waals surface area contributed by atoms with Crippen LogP contribution in [0.5, 0.6) is 11.5 Å². The third-order valence-electron chi connectivity index (χ3n) is 2.29. The molecule has 0 saturated carbocycles. The Bertz CT molecular complexity index is 415. The maximum Gasteiger partial charge on any atom is 0.289 e. The number of nitrogens with two attached hydrogens (primary N) is 1. The van der Waals surface area contributed by atoms with Crippen LogP contribution < -0.4 is 10.5 Å². The van der Waals surface area contributed by atoms with Gasteiger partial charge in [0.25, 0.3) is 5.92 Å². The zero-order valence-corrected chi connectivity index (χ0v) is 10.5. The Labute approximate surface area is 105 Å². The molecule has 0 aliphatic rings. The molecule has 96 valence electrons. The molecular formula is C10H12BrF2NO3. The van der Waals surface area contributed by atoms with Crippen molar-refractivity contribution in [3.63, 3.8) is 0 Å². The Morgan fingerprint density at radius 2 is 2.12 bits per heavy atom. The van der Waals surface area contributed by atoms with Crippen molar-refractivity contribution in [3.05, 3.63) is 22.2 Å². The number of methoxy groups -OCH3 is 1. The smallest absolute Gasteiger partial charge is 0.289 e. The van der Waals surface area contributed by atoms with Crippen LogP contribution in [-0.2, 0) is 0 Å². The number of hydrogen-bond acceptors (Lipinski definition) is 4. The molecule has 0 spiro atoms. The van der Waals surface area contributed by atoms with Crippen LogP contribution in [0.25, 0.3) is 0 Å². The van der Waals surface area contributed by atoms with Gasteiger partial charge in [0, 0.05) is 10.0 Å². The molecule has 0 saturated heterocycles. The first-order valence-electron chi connectivity index (χ1n) is 4.64. The van der Waals surface area contributed by atoms with Gasteiger partial charge < -0.3 is 20.7 Å². The van der Waals surface area contributed by atoms with Gasteiger partial charge in [-0.05, 0) is 12.1 Å². The number of aliphatic hydroxyl groups is 1. The molecule has 4 N–H and O–H groups in total. The summed E-state index contributed by atoms with van der Waals surface area (Å²) in [6.45, 7) is -1.40. The van der Waals surface area contributed by atoms with Gasteiger partial charge in [-0.15, -0.1) is 0 Å². The lowest BCUT2D eigenvalue weighted by Gasteiger charge is -2.23. The molecule has 0 amide bonds. The fraction of sp³-hybridized carbons (Fsp3) is 0.400. The van der Waals surface area contributed by atoms with E-state index in [1.165, 1.54) is 19.2 Å². The number of halogens is 3. The van der Waals surface area contributed by atoms with Crippen molar-refractivity contribution >= 4 is 15.9 Å². The summed E-state index contributed by atoms with van der Waals surface area (Å²) in [6.07, 6.45) is 0. The van der Waals surface area contributed by atoms with Crippen LogP contribution in [0.3, 0.4) is 0 Å². The maximum atomic E-state index is 13.2. The van der Waals surface area contributed by atoms with Gasteiger partial charge in [-0.25, -0.2) is 8.78 Å². The molecule has 1 aromatic rings. The third-order valence-corrected chi connectivity index (χ3v) is 2.75. The van der Waals surface area contributed by atoms with E-state index in [-0.39, 0.29) is 11.3 Å². The van der Waals surface area contributed by atoms with Gasteiger partial charge in [0.15, 0.2) is 11.5 Å². The van der Waals surface area contributed by atoms with Gasteiger partial charge >= 0.3 is 0 Å². The van der Waals surface area contributed by atoms with Crippen molar-refractivity contribution in [2.75, 3.05) is 13.7 Å². The second kappa shape index (κ2) is 5.16. The van der Waals surface area contributed by atoms with Gasteiger partial charge in [-0.1, -0.05) is 15.9 Å². The molecule has 4 nitrogen and oxygen atoms in total. The number of aliphatic hydroxyl groups excluding tert-OH is 1. The minimum absolute atomic E-state index is 0.0264. The summed E-state index contributed by atoms with van der Waals surface area (Å²) in [5.74, 6) is -3.96. The van der Waals surface area contributed by atoms with Crippen molar-refractivity contribution in [1.82, 2.24) is 0 Å². The van der Waals surface area contributed by atoms with E-state index >= 15 is 0 Å². The molecule has 0 bridgehead atoms. The van der Waals surface area contributed by atoms with E-state index in [1.54, 1.807) is 0 Å². The van der Waals surface area contributed by atoms with Crippen LogP contribution in [0.4, 0.5) is 8.78 Å². The van der Waals surface area contributed by atoms with Crippen molar-refractivity contribution in [1.29, 1.82) is 0 Å². The fourth-order valence-electron chi connectivity index (χ4n) is 1.31. The van der Waals surface area contributed by atoms with Crippen LogP contribution in [0.2, 0.25) is 0 Å². The number of benzene rings is 1. The molecule has 0 unspecified atom stereocenters. The molecule has 1 rings (SSSR count). The predicted octanol–water partition coefficient (Wildman–Crippen LogP) is 1.79. The van der Waals surface area contributed by atoms with Crippen molar-refractivity contribution < 1.29 is 23.7 Å². The third kappa shape index (κ3) is 2.85. The Hall–Kier alpha value is -0.920. The second-order valence-corrected chi connectivity index (χ2v) is 4.36. The zero-order valence-electron chi connectivity index (χ0n) is 8.95. The minimum atomic E-state index is -3.52. The lowest BCUT2D eigenvalue weighted by molar-refractivity contribution is -0.0716. The van der Waals surface area contributed by atoms with Crippen LogP contribution in [0, 0.1) is 0 Å². The summed E-state index contributed by atoms with van der Waals surface area (Å²) in [4.78, 5) is 0. The van der Waals surface area contributed by atoms with Gasteiger partial charge in [-0.3, -0.25) is 0 Å². The number of phenols is 1. The highest BCUT2D eigenvalue weighted by atomic mass is 79.9. The number of rotatable bonds is 4. The van der Waals surface area contributed by atoms with Crippen molar-refractivity contribution in [2.45, 2.75) is 12.0 Å². The number of ether oxygens (including phenoxy) is 1. The van der Waals surface area contributed by atoms with Crippen LogP contribution in [-0.4, -0.2) is 29.9 Å². The summed E-state index contributed by atoms with van der Waals surface area (Å²) >= 11 is 3.09. The molecule has 0 aliphatic heterocycles. The molecule has 7 heteroatoms. The predicted molar refractivity (Wildman–Crippen MR) is 61.3 cm³/mol. The van der Waals surface area contributed by atoms with Crippen LogP contribution in [0.15, 0.2) is 16.6 Å². The Morgan fingerprint density at radius 3 is 2.59 bits per heavy atom. The number of hydrogen-bond donors (Lipinski definition) is 3. The highest BCUT2D eigenvalue weighted by Crippen LogP contribution is 2.40. The zero-order chi connectivity index (χ0) is 13.2. The topological polar surface area (TPSA) is 75.7 Å². The SMILES string of the molecule is COc1cc(Br)cc([C@@H](N)C(F)(F)CO)c1O. The lowest BCUT2D eigenvalue weighted by atomic mass is 10.0. The molecule has 0 fully saturated rings. The average Bonchev–Trinajstić information content (AvgIpc) is 2.30. The normalized spacial score (nSPS) is 13.5. The largest absolute Gasteiger partial charge is 0.504 e. The van der Waals surface area contributed by atoms with Gasteiger partial charge in [0.2, 0.25) is 0 Å². The van der Waals surface area contributed by atoms with E-state index < -0.39 is 24.3 Å². The molecule has 1 aromatic carbocycles. The highest BCUT2D eigenvalue weighted by Gasteiger charge is 2.39. The Balaban J connectivity index is 3.26. The first-order chi connectivity index (χ1) is 7.83. The second-order valence-electron chi connectivity index (χ2n) is 3.44.